The summed E-state index contributed by atoms with van der Waals surface area (Å²) in [6.07, 6.45) is 0. The van der Waals surface area contributed by atoms with Gasteiger partial charge in [-0.2, -0.15) is 0 Å². The van der Waals surface area contributed by atoms with E-state index < -0.39 is 0 Å². The van der Waals surface area contributed by atoms with Gasteiger partial charge >= 0.3 is 0 Å². The number of rotatable bonds is 5. The third-order valence-electron chi connectivity index (χ3n) is 4.33. The first kappa shape index (κ1) is 17.2. The van der Waals surface area contributed by atoms with Crippen LogP contribution < -0.4 is 0 Å². The summed E-state index contributed by atoms with van der Waals surface area (Å²) in [5.74, 6) is 1.90. The smallest absolute Gasteiger partial charge is 0.192 e. The van der Waals surface area contributed by atoms with Crippen molar-refractivity contribution < 1.29 is 0 Å². The number of aromatic nitrogens is 3. The Hall–Kier alpha value is -1.59. The Morgan fingerprint density at radius 3 is 2.50 bits per heavy atom. The molecular weight excluding hydrogens is 334 g/mol. The van der Waals surface area contributed by atoms with Crippen LogP contribution in [0.5, 0.6) is 0 Å². The molecule has 0 spiro atoms. The number of thioether (sulfide) groups is 1. The van der Waals surface area contributed by atoms with Crippen LogP contribution in [0.25, 0.3) is 11.4 Å². The second-order valence-corrected chi connectivity index (χ2v) is 8.34. The van der Waals surface area contributed by atoms with Crippen LogP contribution >= 0.6 is 23.1 Å². The van der Waals surface area contributed by atoms with Crippen LogP contribution in [0.15, 0.2) is 34.8 Å². The van der Waals surface area contributed by atoms with Crippen LogP contribution in [0, 0.1) is 20.8 Å². The number of aryl methyl sites for hydroxylation is 2. The van der Waals surface area contributed by atoms with E-state index >= 15 is 0 Å². The van der Waals surface area contributed by atoms with Gasteiger partial charge in [0.05, 0.1) is 0 Å². The van der Waals surface area contributed by atoms with Crippen LogP contribution in [0.1, 0.15) is 41.5 Å². The summed E-state index contributed by atoms with van der Waals surface area (Å²) in [6, 6.07) is 8.85. The molecule has 5 heteroatoms. The molecule has 0 aliphatic carbocycles. The van der Waals surface area contributed by atoms with Crippen LogP contribution in [0.4, 0.5) is 0 Å². The first-order valence-corrected chi connectivity index (χ1v) is 10.0. The maximum Gasteiger partial charge on any atom is 0.192 e. The van der Waals surface area contributed by atoms with Crippen LogP contribution in [-0.2, 0) is 5.75 Å². The second kappa shape index (κ2) is 7.11. The number of nitrogens with zero attached hydrogens (tertiary/aromatic N) is 3. The van der Waals surface area contributed by atoms with Crippen LogP contribution in [0.2, 0.25) is 0 Å². The molecule has 0 fully saturated rings. The van der Waals surface area contributed by atoms with Crippen molar-refractivity contribution in [2.45, 2.75) is 51.6 Å². The van der Waals surface area contributed by atoms with E-state index in [-0.39, 0.29) is 0 Å². The van der Waals surface area contributed by atoms with Crippen LogP contribution in [-0.4, -0.2) is 14.8 Å². The van der Waals surface area contributed by atoms with Gasteiger partial charge in [0.15, 0.2) is 11.0 Å². The fourth-order valence-electron chi connectivity index (χ4n) is 2.67. The lowest BCUT2D eigenvalue weighted by Crippen LogP contribution is -2.05. The molecule has 126 valence electrons. The zero-order valence-electron chi connectivity index (χ0n) is 14.8. The summed E-state index contributed by atoms with van der Waals surface area (Å²) >= 11 is 3.54. The molecule has 0 unspecified atom stereocenters. The first-order chi connectivity index (χ1) is 11.5. The molecule has 3 nitrogen and oxygen atoms in total. The highest BCUT2D eigenvalue weighted by Gasteiger charge is 2.19. The molecule has 0 atom stereocenters. The Labute approximate surface area is 152 Å². The average molecular weight is 358 g/mol. The Kier molecular flexibility index (Phi) is 5.11. The zero-order chi connectivity index (χ0) is 17.3. The summed E-state index contributed by atoms with van der Waals surface area (Å²) < 4.78 is 2.26. The number of hydrogen-bond donors (Lipinski definition) is 0. The van der Waals surface area contributed by atoms with E-state index in [2.05, 4.69) is 79.0 Å². The lowest BCUT2D eigenvalue weighted by atomic mass is 10.1. The molecule has 0 saturated heterocycles. The SMILES string of the molecule is Cc1ccccc1CSc1nnc(-c2csc(C)c2C)n1C(C)C. The van der Waals surface area contributed by atoms with Crippen molar-refractivity contribution in [2.24, 2.45) is 0 Å². The maximum absolute atomic E-state index is 4.52. The average Bonchev–Trinajstić information content (AvgIpc) is 3.11. The molecule has 24 heavy (non-hydrogen) atoms. The highest BCUT2D eigenvalue weighted by molar-refractivity contribution is 7.98. The fourth-order valence-corrected chi connectivity index (χ4v) is 4.68. The first-order valence-electron chi connectivity index (χ1n) is 8.16. The molecule has 0 N–H and O–H groups in total. The van der Waals surface area contributed by atoms with Crippen molar-refractivity contribution in [3.63, 3.8) is 0 Å². The van der Waals surface area contributed by atoms with Crippen molar-refractivity contribution in [3.05, 3.63) is 51.2 Å². The predicted molar refractivity (Wildman–Crippen MR) is 104 cm³/mol. The largest absolute Gasteiger partial charge is 0.299 e. The third kappa shape index (κ3) is 3.28. The third-order valence-corrected chi connectivity index (χ3v) is 6.33. The highest BCUT2D eigenvalue weighted by atomic mass is 32.2. The molecule has 0 bridgehead atoms. The maximum atomic E-state index is 4.52. The van der Waals surface area contributed by atoms with E-state index in [1.54, 1.807) is 23.1 Å². The summed E-state index contributed by atoms with van der Waals surface area (Å²) in [5, 5.41) is 12.2. The molecular formula is C19H23N3S2. The van der Waals surface area contributed by atoms with E-state index in [1.807, 2.05) is 0 Å². The molecule has 0 saturated carbocycles. The summed E-state index contributed by atoms with van der Waals surface area (Å²) in [5.41, 5.74) is 5.20. The molecule has 3 aromatic rings. The van der Waals surface area contributed by atoms with E-state index in [1.165, 1.54) is 27.1 Å². The van der Waals surface area contributed by atoms with Gasteiger partial charge in [0.1, 0.15) is 0 Å². The lowest BCUT2D eigenvalue weighted by molar-refractivity contribution is 0.555. The van der Waals surface area contributed by atoms with Crippen molar-refractivity contribution in [1.82, 2.24) is 14.8 Å². The Balaban J connectivity index is 1.92. The molecule has 0 amide bonds. The van der Waals surface area contributed by atoms with Gasteiger partial charge in [-0.25, -0.2) is 0 Å². The van der Waals surface area contributed by atoms with E-state index in [9.17, 15) is 0 Å². The monoisotopic (exact) mass is 357 g/mol. The predicted octanol–water partition coefficient (Wildman–Crippen LogP) is 5.81. The van der Waals surface area contributed by atoms with Gasteiger partial charge in [0.25, 0.3) is 0 Å². The summed E-state index contributed by atoms with van der Waals surface area (Å²) in [4.78, 5) is 1.34. The van der Waals surface area contributed by atoms with E-state index in [0.29, 0.717) is 6.04 Å². The topological polar surface area (TPSA) is 30.7 Å². The standard InChI is InChI=1S/C19H23N3S2/c1-12(2)22-18(17-11-23-15(5)14(17)4)20-21-19(22)24-10-16-9-7-6-8-13(16)3/h6-9,11-12H,10H2,1-5H3. The Morgan fingerprint density at radius 1 is 1.12 bits per heavy atom. The van der Waals surface area contributed by atoms with E-state index in [4.69, 9.17) is 0 Å². The van der Waals surface area contributed by atoms with E-state index in [0.717, 1.165) is 16.7 Å². The molecule has 0 radical (unpaired) electrons. The second-order valence-electron chi connectivity index (χ2n) is 6.32. The highest BCUT2D eigenvalue weighted by Crippen LogP contribution is 2.34. The lowest BCUT2D eigenvalue weighted by Gasteiger charge is -2.14. The minimum absolute atomic E-state index is 0.328. The van der Waals surface area contributed by atoms with Crippen molar-refractivity contribution in [2.75, 3.05) is 0 Å². The van der Waals surface area contributed by atoms with Crippen molar-refractivity contribution >= 4 is 23.1 Å². The summed E-state index contributed by atoms with van der Waals surface area (Å²) in [6.45, 7) is 10.9. The van der Waals surface area contributed by atoms with Crippen LogP contribution in [0.3, 0.4) is 0 Å². The molecule has 0 aliphatic rings. The fraction of sp³-hybridized carbons (Fsp3) is 0.368. The Bertz CT molecular complexity index is 846. The normalized spacial score (nSPS) is 11.4. The van der Waals surface area contributed by atoms with Gasteiger partial charge in [-0.1, -0.05) is 36.0 Å². The van der Waals surface area contributed by atoms with Crippen molar-refractivity contribution in [1.29, 1.82) is 0 Å². The van der Waals surface area contributed by atoms with Gasteiger partial charge in [0, 0.05) is 27.6 Å². The molecule has 3 rings (SSSR count). The zero-order valence-corrected chi connectivity index (χ0v) is 16.5. The number of benzene rings is 1. The van der Waals surface area contributed by atoms with Gasteiger partial charge in [-0.15, -0.1) is 21.5 Å². The molecule has 2 heterocycles. The Morgan fingerprint density at radius 2 is 1.88 bits per heavy atom. The van der Waals surface area contributed by atoms with Gasteiger partial charge < -0.3 is 0 Å². The minimum atomic E-state index is 0.328. The molecule has 1 aromatic carbocycles. The number of hydrogen-bond acceptors (Lipinski definition) is 4. The van der Waals surface area contributed by atoms with Gasteiger partial charge in [0.2, 0.25) is 0 Å². The molecule has 2 aromatic heterocycles. The number of thiophene rings is 1. The van der Waals surface area contributed by atoms with Gasteiger partial charge in [-0.05, 0) is 51.3 Å². The molecule has 0 aliphatic heterocycles. The minimum Gasteiger partial charge on any atom is -0.299 e. The van der Waals surface area contributed by atoms with Crippen molar-refractivity contribution in [3.8, 4) is 11.4 Å². The summed E-state index contributed by atoms with van der Waals surface area (Å²) in [7, 11) is 0. The van der Waals surface area contributed by atoms with Gasteiger partial charge in [-0.3, -0.25) is 4.57 Å². The quantitative estimate of drug-likeness (QED) is 0.540.